The molecule has 2 fully saturated rings. The minimum atomic E-state index is -4.42. The zero-order valence-electron chi connectivity index (χ0n) is 20.6. The molecule has 1 unspecified atom stereocenters. The van der Waals surface area contributed by atoms with Crippen molar-refractivity contribution < 1.29 is 22.8 Å². The van der Waals surface area contributed by atoms with Crippen LogP contribution in [0.4, 0.5) is 13.2 Å². The number of thioether (sulfide) groups is 1. The maximum atomic E-state index is 13.1. The van der Waals surface area contributed by atoms with Crippen LogP contribution in [-0.4, -0.2) is 46.5 Å². The number of piperidine rings is 1. The van der Waals surface area contributed by atoms with Gasteiger partial charge in [0.1, 0.15) is 0 Å². The molecule has 2 heterocycles. The van der Waals surface area contributed by atoms with E-state index in [-0.39, 0.29) is 23.2 Å². The van der Waals surface area contributed by atoms with E-state index in [2.05, 4.69) is 10.6 Å². The predicted octanol–water partition coefficient (Wildman–Crippen LogP) is 5.33. The number of likely N-dealkylation sites (tertiary alicyclic amines) is 1. The van der Waals surface area contributed by atoms with E-state index in [0.29, 0.717) is 42.8 Å². The number of carbonyl (C=O) groups excluding carboxylic acids is 2. The Balaban J connectivity index is 1.12. The maximum absolute atomic E-state index is 13.1. The normalized spacial score (nSPS) is 18.9. The molecule has 198 valence electrons. The Morgan fingerprint density at radius 3 is 2.32 bits per heavy atom. The Morgan fingerprint density at radius 1 is 0.947 bits per heavy atom. The summed E-state index contributed by atoms with van der Waals surface area (Å²) in [6.07, 6.45) is -3.00. The highest BCUT2D eigenvalue weighted by Gasteiger charge is 2.44. The van der Waals surface area contributed by atoms with Crippen LogP contribution in [0.15, 0.2) is 78.9 Å². The fraction of sp³-hybridized carbons (Fsp3) is 0.310. The molecule has 2 aliphatic rings. The van der Waals surface area contributed by atoms with Crippen LogP contribution >= 0.6 is 11.8 Å². The highest BCUT2D eigenvalue weighted by atomic mass is 32.2. The number of hydrogen-bond acceptors (Lipinski definition) is 4. The molecule has 0 saturated carbocycles. The van der Waals surface area contributed by atoms with Gasteiger partial charge in [-0.05, 0) is 53.8 Å². The number of amides is 2. The minimum absolute atomic E-state index is 0.00200. The third kappa shape index (κ3) is 5.89. The Morgan fingerprint density at radius 2 is 1.63 bits per heavy atom. The molecule has 2 N–H and O–H groups in total. The van der Waals surface area contributed by atoms with Gasteiger partial charge in [-0.15, -0.1) is 11.8 Å². The number of nitrogens with one attached hydrogen (secondary N) is 2. The lowest BCUT2D eigenvalue weighted by Crippen LogP contribution is -2.54. The summed E-state index contributed by atoms with van der Waals surface area (Å²) in [4.78, 5) is 27.4. The zero-order valence-corrected chi connectivity index (χ0v) is 21.4. The number of halogens is 3. The van der Waals surface area contributed by atoms with Crippen molar-refractivity contribution >= 4 is 23.6 Å². The molecular weight excluding hydrogens is 511 g/mol. The van der Waals surface area contributed by atoms with Crippen molar-refractivity contribution in [1.29, 1.82) is 0 Å². The fourth-order valence-corrected chi connectivity index (χ4v) is 6.35. The van der Waals surface area contributed by atoms with Gasteiger partial charge in [0.2, 0.25) is 5.91 Å². The Labute approximate surface area is 223 Å². The molecule has 1 spiro atoms. The van der Waals surface area contributed by atoms with Gasteiger partial charge >= 0.3 is 6.18 Å². The van der Waals surface area contributed by atoms with Crippen LogP contribution in [0.1, 0.15) is 34.3 Å². The van der Waals surface area contributed by atoms with Gasteiger partial charge in [0, 0.05) is 31.0 Å². The molecule has 5 rings (SSSR count). The second-order valence-electron chi connectivity index (χ2n) is 9.65. The summed E-state index contributed by atoms with van der Waals surface area (Å²) in [6, 6.07) is 22.2. The van der Waals surface area contributed by atoms with Crippen molar-refractivity contribution in [2.75, 3.05) is 18.8 Å². The van der Waals surface area contributed by atoms with Gasteiger partial charge in [-0.2, -0.15) is 13.2 Å². The molecule has 2 amide bonds. The monoisotopic (exact) mass is 539 g/mol. The number of carbonyl (C=O) groups is 2. The molecule has 0 bridgehead atoms. The molecule has 1 atom stereocenters. The maximum Gasteiger partial charge on any atom is 0.416 e. The zero-order chi connectivity index (χ0) is 26.8. The highest BCUT2D eigenvalue weighted by Crippen LogP contribution is 2.39. The second kappa shape index (κ2) is 10.8. The van der Waals surface area contributed by atoms with Crippen molar-refractivity contribution in [2.45, 2.75) is 36.5 Å². The Bertz CT molecular complexity index is 1290. The number of rotatable bonds is 5. The first-order valence-electron chi connectivity index (χ1n) is 12.5. The van der Waals surface area contributed by atoms with E-state index in [0.717, 1.165) is 23.3 Å². The first kappa shape index (κ1) is 26.3. The average molecular weight is 540 g/mol. The van der Waals surface area contributed by atoms with Crippen LogP contribution in [0.5, 0.6) is 0 Å². The molecule has 2 saturated heterocycles. The Kier molecular flexibility index (Phi) is 7.49. The third-order valence-electron chi connectivity index (χ3n) is 7.10. The predicted molar refractivity (Wildman–Crippen MR) is 142 cm³/mol. The quantitative estimate of drug-likeness (QED) is 0.461. The van der Waals surface area contributed by atoms with E-state index in [9.17, 15) is 22.8 Å². The lowest BCUT2D eigenvalue weighted by molar-refractivity contribution is -0.137. The second-order valence-corrected chi connectivity index (χ2v) is 11.1. The molecule has 0 aliphatic carbocycles. The largest absolute Gasteiger partial charge is 0.416 e. The molecule has 3 aromatic carbocycles. The van der Waals surface area contributed by atoms with Crippen LogP contribution in [-0.2, 0) is 17.5 Å². The van der Waals surface area contributed by atoms with Crippen molar-refractivity contribution in [1.82, 2.24) is 15.5 Å². The smallest absolute Gasteiger partial charge is 0.351 e. The van der Waals surface area contributed by atoms with Crippen LogP contribution in [0.2, 0.25) is 0 Å². The fourth-order valence-electron chi connectivity index (χ4n) is 4.93. The molecule has 38 heavy (non-hydrogen) atoms. The molecule has 5 nitrogen and oxygen atoms in total. The molecule has 0 aromatic heterocycles. The van der Waals surface area contributed by atoms with E-state index >= 15 is 0 Å². The summed E-state index contributed by atoms with van der Waals surface area (Å²) in [6.45, 7) is 1.19. The van der Waals surface area contributed by atoms with Crippen LogP contribution in [0.3, 0.4) is 0 Å². The minimum Gasteiger partial charge on any atom is -0.351 e. The van der Waals surface area contributed by atoms with Crippen molar-refractivity contribution in [3.63, 3.8) is 0 Å². The van der Waals surface area contributed by atoms with Gasteiger partial charge in [-0.25, -0.2) is 0 Å². The van der Waals surface area contributed by atoms with Crippen LogP contribution in [0.25, 0.3) is 11.1 Å². The Hall–Kier alpha value is -3.30. The molecular formula is C29H28F3N3O2S. The lowest BCUT2D eigenvalue weighted by atomic mass is 10.0. The average Bonchev–Trinajstić information content (AvgIpc) is 3.35. The number of hydrogen-bond donors (Lipinski definition) is 2. The molecule has 9 heteroatoms. The topological polar surface area (TPSA) is 61.4 Å². The number of nitrogens with zero attached hydrogens (tertiary/aromatic N) is 1. The van der Waals surface area contributed by atoms with Gasteiger partial charge in [0.15, 0.2) is 0 Å². The van der Waals surface area contributed by atoms with Crippen molar-refractivity contribution in [3.05, 3.63) is 95.6 Å². The molecule has 2 aliphatic heterocycles. The van der Waals surface area contributed by atoms with Gasteiger partial charge in [0.25, 0.3) is 5.91 Å². The standard InChI is InChI=1S/C29H28F3N3O2S/c30-29(31,32)24-8-4-5-20(17-24)18-33-26(36)25-19-38-28(34-25)13-15-35(16-14-28)27(37)23-11-9-22(10-12-23)21-6-2-1-3-7-21/h1-12,17,25,34H,13-16,18-19H2,(H,33,36). The van der Waals surface area contributed by atoms with Gasteiger partial charge in [-0.1, -0.05) is 54.6 Å². The molecule has 0 radical (unpaired) electrons. The summed E-state index contributed by atoms with van der Waals surface area (Å²) in [5.41, 5.74) is 2.48. The first-order valence-corrected chi connectivity index (χ1v) is 13.5. The highest BCUT2D eigenvalue weighted by molar-refractivity contribution is 8.01. The van der Waals surface area contributed by atoms with Crippen LogP contribution in [0, 0.1) is 0 Å². The summed E-state index contributed by atoms with van der Waals surface area (Å²) in [7, 11) is 0. The van der Waals surface area contributed by atoms with E-state index < -0.39 is 17.8 Å². The van der Waals surface area contributed by atoms with Gasteiger partial charge < -0.3 is 10.2 Å². The summed E-state index contributed by atoms with van der Waals surface area (Å²) >= 11 is 1.68. The van der Waals surface area contributed by atoms with Crippen LogP contribution < -0.4 is 10.6 Å². The van der Waals surface area contributed by atoms with Gasteiger partial charge in [0.05, 0.1) is 16.5 Å². The van der Waals surface area contributed by atoms with E-state index in [1.165, 1.54) is 6.07 Å². The summed E-state index contributed by atoms with van der Waals surface area (Å²) < 4.78 is 38.8. The van der Waals surface area contributed by atoms with Gasteiger partial charge in [-0.3, -0.25) is 14.9 Å². The third-order valence-corrected chi connectivity index (χ3v) is 8.68. The SMILES string of the molecule is O=C(NCc1cccc(C(F)(F)F)c1)C1CSC2(CCN(C(=O)c3ccc(-c4ccccc4)cc3)CC2)N1. The molecule has 3 aromatic rings. The van der Waals surface area contributed by atoms with Crippen molar-refractivity contribution in [3.8, 4) is 11.1 Å². The number of benzene rings is 3. The number of alkyl halides is 3. The van der Waals surface area contributed by atoms with E-state index in [1.807, 2.05) is 59.5 Å². The lowest BCUT2D eigenvalue weighted by Gasteiger charge is -2.39. The first-order chi connectivity index (χ1) is 18.2. The summed E-state index contributed by atoms with van der Waals surface area (Å²) in [5, 5.41) is 6.20. The van der Waals surface area contributed by atoms with Crippen molar-refractivity contribution in [2.24, 2.45) is 0 Å². The summed E-state index contributed by atoms with van der Waals surface area (Å²) in [5.74, 6) is 0.338. The van der Waals surface area contributed by atoms with E-state index in [4.69, 9.17) is 0 Å². The van der Waals surface area contributed by atoms with E-state index in [1.54, 1.807) is 17.8 Å².